The number of ether oxygens (including phenoxy) is 3. The van der Waals surface area contributed by atoms with Gasteiger partial charge < -0.3 is 19.1 Å². The molecule has 6 heteroatoms. The van der Waals surface area contributed by atoms with Gasteiger partial charge >= 0.3 is 0 Å². The number of benzene rings is 1. The van der Waals surface area contributed by atoms with Crippen molar-refractivity contribution in [3.8, 4) is 17.4 Å². The van der Waals surface area contributed by atoms with Crippen molar-refractivity contribution in [1.82, 2.24) is 9.88 Å². The van der Waals surface area contributed by atoms with Crippen molar-refractivity contribution in [2.24, 2.45) is 0 Å². The molecular formula is C20H22N2O4. The van der Waals surface area contributed by atoms with E-state index in [1.54, 1.807) is 6.20 Å². The first kappa shape index (κ1) is 16.7. The molecule has 1 aromatic heterocycles. The molecule has 136 valence electrons. The summed E-state index contributed by atoms with van der Waals surface area (Å²) in [6, 6.07) is 13.1. The number of para-hydroxylation sites is 2. The third-order valence-corrected chi connectivity index (χ3v) is 4.76. The maximum Gasteiger partial charge on any atom is 0.267 e. The fourth-order valence-electron chi connectivity index (χ4n) is 3.35. The van der Waals surface area contributed by atoms with E-state index in [1.807, 2.05) is 54.3 Å². The van der Waals surface area contributed by atoms with Crippen molar-refractivity contribution in [3.05, 3.63) is 48.7 Å². The zero-order chi connectivity index (χ0) is 17.9. The SMILES string of the molecule is C[C@H]1Oc2ccccc2O[C@H]1C(=O)N1CCC(Oc2ccccn2)CC1. The van der Waals surface area contributed by atoms with Crippen molar-refractivity contribution in [3.63, 3.8) is 0 Å². The number of fused-ring (bicyclic) bond motifs is 1. The number of piperidine rings is 1. The molecule has 2 aliphatic rings. The van der Waals surface area contributed by atoms with Crippen molar-refractivity contribution in [1.29, 1.82) is 0 Å². The van der Waals surface area contributed by atoms with Crippen LogP contribution in [0.2, 0.25) is 0 Å². The van der Waals surface area contributed by atoms with Crippen LogP contribution in [0.4, 0.5) is 0 Å². The summed E-state index contributed by atoms with van der Waals surface area (Å²) in [5.74, 6) is 1.92. The van der Waals surface area contributed by atoms with Gasteiger partial charge in [-0.15, -0.1) is 0 Å². The molecule has 1 saturated heterocycles. The number of rotatable bonds is 3. The van der Waals surface area contributed by atoms with E-state index in [1.165, 1.54) is 0 Å². The van der Waals surface area contributed by atoms with E-state index in [9.17, 15) is 4.79 Å². The van der Waals surface area contributed by atoms with Crippen LogP contribution in [0.1, 0.15) is 19.8 Å². The largest absolute Gasteiger partial charge is 0.482 e. The van der Waals surface area contributed by atoms with Gasteiger partial charge in [0.25, 0.3) is 5.91 Å². The van der Waals surface area contributed by atoms with Crippen molar-refractivity contribution in [2.45, 2.75) is 38.1 Å². The average Bonchev–Trinajstić information content (AvgIpc) is 2.68. The molecule has 3 heterocycles. The molecule has 4 rings (SSSR count). The van der Waals surface area contributed by atoms with E-state index in [-0.39, 0.29) is 18.1 Å². The molecule has 0 unspecified atom stereocenters. The molecule has 26 heavy (non-hydrogen) atoms. The van der Waals surface area contributed by atoms with Crippen LogP contribution in [-0.4, -0.2) is 47.2 Å². The first-order valence-electron chi connectivity index (χ1n) is 8.99. The standard InChI is InChI=1S/C20H22N2O4/c1-14-19(26-17-7-3-2-6-16(17)24-14)20(23)22-12-9-15(10-13-22)25-18-8-4-5-11-21-18/h2-8,11,14-15,19H,9-10,12-13H2,1H3/t14-,19-/m1/s1. The summed E-state index contributed by atoms with van der Waals surface area (Å²) in [6.45, 7) is 3.16. The summed E-state index contributed by atoms with van der Waals surface area (Å²) in [5, 5.41) is 0. The van der Waals surface area contributed by atoms with Crippen LogP contribution in [0.3, 0.4) is 0 Å². The number of amides is 1. The minimum atomic E-state index is -0.613. The second-order valence-electron chi connectivity index (χ2n) is 6.62. The second-order valence-corrected chi connectivity index (χ2v) is 6.62. The molecule has 0 N–H and O–H groups in total. The average molecular weight is 354 g/mol. The first-order valence-corrected chi connectivity index (χ1v) is 8.99. The third-order valence-electron chi connectivity index (χ3n) is 4.76. The smallest absolute Gasteiger partial charge is 0.267 e. The quantitative estimate of drug-likeness (QED) is 0.848. The van der Waals surface area contributed by atoms with Gasteiger partial charge in [0, 0.05) is 38.2 Å². The molecule has 1 aromatic carbocycles. The van der Waals surface area contributed by atoms with Crippen molar-refractivity contribution < 1.29 is 19.0 Å². The first-order chi connectivity index (χ1) is 12.7. The van der Waals surface area contributed by atoms with E-state index < -0.39 is 6.10 Å². The van der Waals surface area contributed by atoms with Crippen molar-refractivity contribution >= 4 is 5.91 Å². The summed E-state index contributed by atoms with van der Waals surface area (Å²) in [7, 11) is 0. The highest BCUT2D eigenvalue weighted by atomic mass is 16.6. The monoisotopic (exact) mass is 354 g/mol. The van der Waals surface area contributed by atoms with E-state index in [0.29, 0.717) is 30.5 Å². The molecule has 0 bridgehead atoms. The van der Waals surface area contributed by atoms with E-state index in [0.717, 1.165) is 12.8 Å². The molecule has 2 aromatic rings. The van der Waals surface area contributed by atoms with Gasteiger partial charge in [0.15, 0.2) is 11.5 Å². The Labute approximate surface area is 152 Å². The fourth-order valence-corrected chi connectivity index (χ4v) is 3.35. The number of nitrogens with zero attached hydrogens (tertiary/aromatic N) is 2. The summed E-state index contributed by atoms with van der Waals surface area (Å²) >= 11 is 0. The predicted molar refractivity (Wildman–Crippen MR) is 95.4 cm³/mol. The predicted octanol–water partition coefficient (Wildman–Crippen LogP) is 2.68. The highest BCUT2D eigenvalue weighted by molar-refractivity contribution is 5.82. The highest BCUT2D eigenvalue weighted by Crippen LogP contribution is 2.34. The zero-order valence-electron chi connectivity index (χ0n) is 14.7. The van der Waals surface area contributed by atoms with E-state index in [2.05, 4.69) is 4.98 Å². The fraction of sp³-hybridized carbons (Fsp3) is 0.400. The van der Waals surface area contributed by atoms with Crippen LogP contribution in [0.15, 0.2) is 48.7 Å². The lowest BCUT2D eigenvalue weighted by Crippen LogP contribution is -2.53. The van der Waals surface area contributed by atoms with Gasteiger partial charge in [-0.05, 0) is 25.1 Å². The van der Waals surface area contributed by atoms with Crippen molar-refractivity contribution in [2.75, 3.05) is 13.1 Å². The molecule has 1 fully saturated rings. The van der Waals surface area contributed by atoms with E-state index >= 15 is 0 Å². The lowest BCUT2D eigenvalue weighted by molar-refractivity contribution is -0.146. The second kappa shape index (κ2) is 7.23. The lowest BCUT2D eigenvalue weighted by atomic mass is 10.1. The van der Waals surface area contributed by atoms with Crippen LogP contribution in [-0.2, 0) is 4.79 Å². The molecular weight excluding hydrogens is 332 g/mol. The van der Waals surface area contributed by atoms with Crippen LogP contribution >= 0.6 is 0 Å². The van der Waals surface area contributed by atoms with Gasteiger partial charge in [-0.3, -0.25) is 4.79 Å². The van der Waals surface area contributed by atoms with Gasteiger partial charge in [-0.25, -0.2) is 4.98 Å². The number of pyridine rings is 1. The minimum absolute atomic E-state index is 0.0247. The maximum absolute atomic E-state index is 12.9. The molecule has 1 amide bonds. The van der Waals surface area contributed by atoms with Crippen LogP contribution < -0.4 is 14.2 Å². The van der Waals surface area contributed by atoms with Gasteiger partial charge in [0.2, 0.25) is 12.0 Å². The number of hydrogen-bond acceptors (Lipinski definition) is 5. The minimum Gasteiger partial charge on any atom is -0.482 e. The molecule has 0 radical (unpaired) electrons. The maximum atomic E-state index is 12.9. The molecule has 6 nitrogen and oxygen atoms in total. The topological polar surface area (TPSA) is 60.9 Å². The molecule has 2 atom stereocenters. The van der Waals surface area contributed by atoms with Gasteiger partial charge in [-0.1, -0.05) is 18.2 Å². The Morgan fingerprint density at radius 2 is 1.77 bits per heavy atom. The lowest BCUT2D eigenvalue weighted by Gasteiger charge is -2.37. The Morgan fingerprint density at radius 1 is 1.08 bits per heavy atom. The Bertz CT molecular complexity index is 759. The normalized spacial score (nSPS) is 22.7. The summed E-state index contributed by atoms with van der Waals surface area (Å²) in [5.41, 5.74) is 0. The number of carbonyl (C=O) groups excluding carboxylic acids is 1. The molecule has 0 spiro atoms. The Morgan fingerprint density at radius 3 is 2.46 bits per heavy atom. The van der Waals surface area contributed by atoms with E-state index in [4.69, 9.17) is 14.2 Å². The third kappa shape index (κ3) is 3.45. The number of hydrogen-bond donors (Lipinski definition) is 0. The summed E-state index contributed by atoms with van der Waals surface area (Å²) in [6.07, 6.45) is 2.42. The number of carbonyl (C=O) groups is 1. The van der Waals surface area contributed by atoms with Crippen LogP contribution in [0.5, 0.6) is 17.4 Å². The van der Waals surface area contributed by atoms with Crippen LogP contribution in [0, 0.1) is 0 Å². The number of aromatic nitrogens is 1. The molecule has 2 aliphatic heterocycles. The summed E-state index contributed by atoms with van der Waals surface area (Å²) in [4.78, 5) is 18.9. The Hall–Kier alpha value is -2.76. The van der Waals surface area contributed by atoms with Gasteiger partial charge in [-0.2, -0.15) is 0 Å². The zero-order valence-corrected chi connectivity index (χ0v) is 14.7. The summed E-state index contributed by atoms with van der Waals surface area (Å²) < 4.78 is 17.7. The Balaban J connectivity index is 1.35. The highest BCUT2D eigenvalue weighted by Gasteiger charge is 2.38. The van der Waals surface area contributed by atoms with Gasteiger partial charge in [0.1, 0.15) is 12.2 Å². The Kier molecular flexibility index (Phi) is 4.65. The molecule has 0 saturated carbocycles. The number of likely N-dealkylation sites (tertiary alicyclic amines) is 1. The van der Waals surface area contributed by atoms with Gasteiger partial charge in [0.05, 0.1) is 0 Å². The van der Waals surface area contributed by atoms with Crippen LogP contribution in [0.25, 0.3) is 0 Å². The molecule has 0 aliphatic carbocycles.